The maximum absolute atomic E-state index is 3.55. The average Bonchev–Trinajstić information content (AvgIpc) is 2.46. The summed E-state index contributed by atoms with van der Waals surface area (Å²) in [6, 6.07) is 15.2. The fraction of sp³-hybridized carbons (Fsp3) is 0.333. The molecule has 0 aliphatic heterocycles. The zero-order valence-corrected chi connectivity index (χ0v) is 12.9. The van der Waals surface area contributed by atoms with Gasteiger partial charge in [0.15, 0.2) is 0 Å². The minimum absolute atomic E-state index is 0.881. The van der Waals surface area contributed by atoms with E-state index >= 15 is 0 Å². The summed E-state index contributed by atoms with van der Waals surface area (Å²) in [5.74, 6) is 0. The molecule has 0 aliphatic carbocycles. The monoisotopic (exact) mass is 268 g/mol. The van der Waals surface area contributed by atoms with Gasteiger partial charge in [-0.15, -0.1) is 0 Å². The first-order valence-electron chi connectivity index (χ1n) is 7.20. The van der Waals surface area contributed by atoms with Crippen molar-refractivity contribution in [3.05, 3.63) is 59.2 Å². The normalized spacial score (nSPS) is 10.4. The topological polar surface area (TPSA) is 15.3 Å². The van der Waals surface area contributed by atoms with Gasteiger partial charge in [0.2, 0.25) is 0 Å². The van der Waals surface area contributed by atoms with Crippen molar-refractivity contribution in [3.8, 4) is 0 Å². The molecule has 0 saturated heterocycles. The van der Waals surface area contributed by atoms with E-state index in [9.17, 15) is 0 Å². The van der Waals surface area contributed by atoms with Crippen LogP contribution in [0.2, 0.25) is 0 Å². The minimum atomic E-state index is 0.881. The fourth-order valence-electron chi connectivity index (χ4n) is 2.39. The third-order valence-corrected chi connectivity index (χ3v) is 3.69. The minimum Gasteiger partial charge on any atom is -0.381 e. The molecule has 0 radical (unpaired) electrons. The van der Waals surface area contributed by atoms with Crippen LogP contribution >= 0.6 is 0 Å². The molecule has 20 heavy (non-hydrogen) atoms. The van der Waals surface area contributed by atoms with Crippen LogP contribution in [0.3, 0.4) is 0 Å². The van der Waals surface area contributed by atoms with Crippen molar-refractivity contribution in [2.45, 2.75) is 26.8 Å². The van der Waals surface area contributed by atoms with E-state index in [0.717, 1.165) is 13.0 Å². The van der Waals surface area contributed by atoms with Crippen LogP contribution in [0, 0.1) is 6.92 Å². The molecule has 2 rings (SSSR count). The third-order valence-electron chi connectivity index (χ3n) is 3.69. The molecule has 2 heteroatoms. The molecular weight excluding hydrogens is 244 g/mol. The molecule has 0 fully saturated rings. The molecule has 1 N–H and O–H groups in total. The summed E-state index contributed by atoms with van der Waals surface area (Å²) in [4.78, 5) is 2.13. The Kier molecular flexibility index (Phi) is 4.67. The Morgan fingerprint density at radius 2 is 1.70 bits per heavy atom. The summed E-state index contributed by atoms with van der Waals surface area (Å²) in [7, 11) is 4.14. The van der Waals surface area contributed by atoms with Crippen molar-refractivity contribution >= 4 is 11.4 Å². The van der Waals surface area contributed by atoms with Gasteiger partial charge in [0.1, 0.15) is 0 Å². The highest BCUT2D eigenvalue weighted by Gasteiger charge is 2.03. The molecule has 0 bridgehead atoms. The lowest BCUT2D eigenvalue weighted by atomic mass is 10.1. The molecule has 0 aromatic heterocycles. The van der Waals surface area contributed by atoms with E-state index in [-0.39, 0.29) is 0 Å². The molecule has 106 valence electrons. The smallest absolute Gasteiger partial charge is 0.0403 e. The van der Waals surface area contributed by atoms with Crippen molar-refractivity contribution in [3.63, 3.8) is 0 Å². The van der Waals surface area contributed by atoms with Crippen molar-refractivity contribution in [2.24, 2.45) is 0 Å². The third kappa shape index (κ3) is 3.32. The maximum Gasteiger partial charge on any atom is 0.0403 e. The maximum atomic E-state index is 3.55. The largest absolute Gasteiger partial charge is 0.381 e. The van der Waals surface area contributed by atoms with Gasteiger partial charge in [-0.05, 0) is 48.2 Å². The molecule has 0 amide bonds. The van der Waals surface area contributed by atoms with Gasteiger partial charge in [-0.2, -0.15) is 0 Å². The molecule has 0 unspecified atom stereocenters. The first-order chi connectivity index (χ1) is 9.61. The molecule has 0 spiro atoms. The lowest BCUT2D eigenvalue weighted by Gasteiger charge is -2.16. The molecule has 2 aromatic carbocycles. The van der Waals surface area contributed by atoms with Crippen LogP contribution in [0.15, 0.2) is 42.5 Å². The number of nitrogens with one attached hydrogen (secondary N) is 1. The molecule has 0 saturated carbocycles. The highest BCUT2D eigenvalue weighted by Crippen LogP contribution is 2.22. The summed E-state index contributed by atoms with van der Waals surface area (Å²) < 4.78 is 0. The summed E-state index contributed by atoms with van der Waals surface area (Å²) in [5.41, 5.74) is 6.53. The Labute approximate surface area is 122 Å². The van der Waals surface area contributed by atoms with E-state index in [1.165, 1.54) is 28.1 Å². The Morgan fingerprint density at radius 1 is 1.00 bits per heavy atom. The summed E-state index contributed by atoms with van der Waals surface area (Å²) in [6.07, 6.45) is 1.08. The standard InChI is InChI=1S/C18H24N2/c1-5-15-8-6-7-9-16(15)13-19-18-11-10-17(20(3)4)12-14(18)2/h6-12,19H,5,13H2,1-4H3. The fourth-order valence-corrected chi connectivity index (χ4v) is 2.39. The van der Waals surface area contributed by atoms with Gasteiger partial charge < -0.3 is 10.2 Å². The summed E-state index contributed by atoms with van der Waals surface area (Å²) in [5, 5.41) is 3.55. The second-order valence-corrected chi connectivity index (χ2v) is 5.37. The van der Waals surface area contributed by atoms with Gasteiger partial charge in [-0.25, -0.2) is 0 Å². The van der Waals surface area contributed by atoms with Gasteiger partial charge in [0.05, 0.1) is 0 Å². The zero-order chi connectivity index (χ0) is 14.5. The number of rotatable bonds is 5. The SMILES string of the molecule is CCc1ccccc1CNc1ccc(N(C)C)cc1C. The lowest BCUT2D eigenvalue weighted by molar-refractivity contribution is 1.04. The number of hydrogen-bond donors (Lipinski definition) is 1. The highest BCUT2D eigenvalue weighted by atomic mass is 15.1. The Morgan fingerprint density at radius 3 is 2.30 bits per heavy atom. The van der Waals surface area contributed by atoms with Crippen LogP contribution in [0.1, 0.15) is 23.6 Å². The van der Waals surface area contributed by atoms with Gasteiger partial charge in [-0.1, -0.05) is 31.2 Å². The van der Waals surface area contributed by atoms with E-state index in [2.05, 4.69) is 80.6 Å². The molecule has 0 aliphatic rings. The van der Waals surface area contributed by atoms with E-state index < -0.39 is 0 Å². The Bertz CT molecular complexity index is 573. The van der Waals surface area contributed by atoms with Gasteiger partial charge in [0.25, 0.3) is 0 Å². The first kappa shape index (κ1) is 14.4. The van der Waals surface area contributed by atoms with E-state index in [0.29, 0.717) is 0 Å². The molecule has 2 aromatic rings. The number of hydrogen-bond acceptors (Lipinski definition) is 2. The molecule has 0 atom stereocenters. The van der Waals surface area contributed by atoms with Crippen molar-refractivity contribution in [1.29, 1.82) is 0 Å². The van der Waals surface area contributed by atoms with Crippen LogP contribution in [-0.2, 0) is 13.0 Å². The Hall–Kier alpha value is -1.96. The number of aryl methyl sites for hydroxylation is 2. The predicted octanol–water partition coefficient (Wildman–Crippen LogP) is 4.24. The number of anilines is 2. The molecular formula is C18H24N2. The zero-order valence-electron chi connectivity index (χ0n) is 12.9. The predicted molar refractivity (Wildman–Crippen MR) is 88.7 cm³/mol. The van der Waals surface area contributed by atoms with Gasteiger partial charge >= 0.3 is 0 Å². The van der Waals surface area contributed by atoms with Crippen molar-refractivity contribution in [2.75, 3.05) is 24.3 Å². The molecule has 2 nitrogen and oxygen atoms in total. The average molecular weight is 268 g/mol. The quantitative estimate of drug-likeness (QED) is 0.872. The van der Waals surface area contributed by atoms with E-state index in [1.54, 1.807) is 0 Å². The van der Waals surface area contributed by atoms with Crippen LogP contribution in [0.5, 0.6) is 0 Å². The van der Waals surface area contributed by atoms with E-state index in [1.807, 2.05) is 0 Å². The summed E-state index contributed by atoms with van der Waals surface area (Å²) in [6.45, 7) is 5.24. The van der Waals surface area contributed by atoms with Crippen LogP contribution in [-0.4, -0.2) is 14.1 Å². The second-order valence-electron chi connectivity index (χ2n) is 5.37. The molecule has 0 heterocycles. The number of benzene rings is 2. The summed E-state index contributed by atoms with van der Waals surface area (Å²) >= 11 is 0. The van der Waals surface area contributed by atoms with Gasteiger partial charge in [-0.3, -0.25) is 0 Å². The van der Waals surface area contributed by atoms with Crippen molar-refractivity contribution < 1.29 is 0 Å². The van der Waals surface area contributed by atoms with Gasteiger partial charge in [0, 0.05) is 32.0 Å². The van der Waals surface area contributed by atoms with E-state index in [4.69, 9.17) is 0 Å². The number of nitrogens with zero attached hydrogens (tertiary/aromatic N) is 1. The second kappa shape index (κ2) is 6.47. The van der Waals surface area contributed by atoms with Crippen LogP contribution in [0.4, 0.5) is 11.4 Å². The Balaban J connectivity index is 2.11. The first-order valence-corrected chi connectivity index (χ1v) is 7.20. The highest BCUT2D eigenvalue weighted by molar-refractivity contribution is 5.60. The van der Waals surface area contributed by atoms with Crippen LogP contribution in [0.25, 0.3) is 0 Å². The van der Waals surface area contributed by atoms with Crippen LogP contribution < -0.4 is 10.2 Å². The lowest BCUT2D eigenvalue weighted by Crippen LogP contribution is -2.09. The van der Waals surface area contributed by atoms with Crippen molar-refractivity contribution in [1.82, 2.24) is 0 Å².